The SMILES string of the molecule is CC(C)(C)C1=C[C@@](C)([15N+](=O)[O-])C(=O)[C@@](C)(O)[C@H]1[N+](=O)[O-]. The lowest BCUT2D eigenvalue weighted by Gasteiger charge is -2.39. The summed E-state index contributed by atoms with van der Waals surface area (Å²) in [6.45, 7) is 6.93. The lowest BCUT2D eigenvalue weighted by Crippen LogP contribution is -2.65. The third kappa shape index (κ3) is 2.20. The monoisotopic (exact) mass is 287 g/mol. The normalized spacial score (nSPS) is 34.6. The number of hydrogen-bond donors (Lipinski definition) is 1. The van der Waals surface area contributed by atoms with Crippen LogP contribution in [-0.2, 0) is 4.79 Å². The molecule has 0 aromatic rings. The van der Waals surface area contributed by atoms with E-state index < -0.39 is 38.2 Å². The highest BCUT2D eigenvalue weighted by molar-refractivity contribution is 5.98. The molecule has 0 bridgehead atoms. The van der Waals surface area contributed by atoms with Crippen LogP contribution in [0.1, 0.15) is 34.6 Å². The van der Waals surface area contributed by atoms with Crippen molar-refractivity contribution in [3.63, 3.8) is 0 Å². The van der Waals surface area contributed by atoms with Gasteiger partial charge in [0.2, 0.25) is 0 Å². The Kier molecular flexibility index (Phi) is 3.52. The molecular weight excluding hydrogens is 269 g/mol. The summed E-state index contributed by atoms with van der Waals surface area (Å²) in [6, 6.07) is -1.69. The number of carbonyl (C=O) groups is 1. The number of nitrogens with zero attached hydrogens (tertiary/aromatic N) is 2. The van der Waals surface area contributed by atoms with Crippen molar-refractivity contribution in [3.05, 3.63) is 31.9 Å². The first kappa shape index (κ1) is 16.2. The van der Waals surface area contributed by atoms with Crippen molar-refractivity contribution in [1.82, 2.24) is 0 Å². The molecule has 1 rings (SSSR count). The molecule has 1 aliphatic carbocycles. The van der Waals surface area contributed by atoms with Gasteiger partial charge in [-0.1, -0.05) is 20.8 Å². The minimum Gasteiger partial charge on any atom is -0.375 e. The molecule has 0 spiro atoms. The molecule has 0 radical (unpaired) electrons. The molecule has 8 heteroatoms. The van der Waals surface area contributed by atoms with Crippen molar-refractivity contribution in [2.24, 2.45) is 5.41 Å². The number of rotatable bonds is 2. The highest BCUT2D eigenvalue weighted by atomic mass is 16.9. The van der Waals surface area contributed by atoms with Crippen molar-refractivity contribution in [2.45, 2.75) is 51.8 Å². The third-order valence-electron chi connectivity index (χ3n) is 3.64. The molecule has 0 saturated heterocycles. The highest BCUT2D eigenvalue weighted by Gasteiger charge is 2.65. The maximum atomic E-state index is 12.2. The lowest BCUT2D eigenvalue weighted by molar-refractivity contribution is -0.552. The van der Waals surface area contributed by atoms with Gasteiger partial charge in [-0.2, -0.15) is 0 Å². The van der Waals surface area contributed by atoms with Crippen LogP contribution < -0.4 is 0 Å². The number of Topliss-reactive ketones (excluding diaryl/α,β-unsaturated/α-hetero) is 1. The van der Waals surface area contributed by atoms with Crippen molar-refractivity contribution in [3.8, 4) is 0 Å². The molecule has 8 nitrogen and oxygen atoms in total. The molecule has 1 aliphatic rings. The van der Waals surface area contributed by atoms with Crippen LogP contribution in [0.2, 0.25) is 0 Å². The van der Waals surface area contributed by atoms with Crippen LogP contribution >= 0.6 is 0 Å². The van der Waals surface area contributed by atoms with Gasteiger partial charge in [0.25, 0.3) is 17.4 Å². The zero-order valence-corrected chi connectivity index (χ0v) is 12.0. The maximum Gasteiger partial charge on any atom is 0.298 e. The molecular formula is C12H18N2O6. The molecule has 112 valence electrons. The third-order valence-corrected chi connectivity index (χ3v) is 3.64. The van der Waals surface area contributed by atoms with Crippen molar-refractivity contribution in [2.75, 3.05) is 0 Å². The Labute approximate surface area is 115 Å². The largest absolute Gasteiger partial charge is 0.375 e. The van der Waals surface area contributed by atoms with E-state index in [1.54, 1.807) is 20.8 Å². The first-order valence-corrected chi connectivity index (χ1v) is 6.04. The van der Waals surface area contributed by atoms with E-state index in [4.69, 9.17) is 0 Å². The van der Waals surface area contributed by atoms with Crippen molar-refractivity contribution < 1.29 is 19.7 Å². The zero-order valence-electron chi connectivity index (χ0n) is 12.0. The van der Waals surface area contributed by atoms with Crippen LogP contribution in [0.15, 0.2) is 11.6 Å². The van der Waals surface area contributed by atoms with Gasteiger partial charge in [0.15, 0.2) is 5.60 Å². The zero-order chi connectivity index (χ0) is 16.1. The molecule has 0 saturated carbocycles. The van der Waals surface area contributed by atoms with Gasteiger partial charge in [-0.25, -0.2) is 0 Å². The smallest absolute Gasteiger partial charge is 0.298 e. The van der Waals surface area contributed by atoms with E-state index in [0.717, 1.165) is 19.9 Å². The average molecular weight is 287 g/mol. The average Bonchev–Trinajstić information content (AvgIpc) is 2.22. The molecule has 3 atom stereocenters. The summed E-state index contributed by atoms with van der Waals surface area (Å²) in [5.74, 6) is -1.18. The Bertz CT molecular complexity index is 517. The summed E-state index contributed by atoms with van der Waals surface area (Å²) in [7, 11) is 0. The minimum atomic E-state index is -2.43. The number of hydrogen-bond acceptors (Lipinski definition) is 6. The van der Waals surface area contributed by atoms with Gasteiger partial charge in [-0.05, 0) is 12.3 Å². The molecule has 0 aromatic carbocycles. The lowest BCUT2D eigenvalue weighted by atomic mass is 9.66. The first-order valence-electron chi connectivity index (χ1n) is 6.04. The second-order valence-electron chi connectivity index (χ2n) is 6.42. The van der Waals surface area contributed by atoms with Gasteiger partial charge < -0.3 is 5.11 Å². The predicted octanol–water partition coefficient (Wildman–Crippen LogP) is 0.973. The van der Waals surface area contributed by atoms with Crippen LogP contribution in [0.4, 0.5) is 0 Å². The fourth-order valence-corrected chi connectivity index (χ4v) is 2.47. The second-order valence-corrected chi connectivity index (χ2v) is 6.42. The molecule has 0 unspecified atom stereocenters. The summed E-state index contributed by atoms with van der Waals surface area (Å²) >= 11 is 0. The topological polar surface area (TPSA) is 124 Å². The summed E-state index contributed by atoms with van der Waals surface area (Å²) in [5.41, 5.74) is -5.31. The van der Waals surface area contributed by atoms with Crippen LogP contribution in [0.3, 0.4) is 0 Å². The van der Waals surface area contributed by atoms with Gasteiger partial charge in [0, 0.05) is 28.4 Å². The Hall–Kier alpha value is -1.83. The fraction of sp³-hybridized carbons (Fsp3) is 0.750. The molecule has 0 heterocycles. The predicted molar refractivity (Wildman–Crippen MR) is 69.4 cm³/mol. The Balaban J connectivity index is 3.70. The van der Waals surface area contributed by atoms with E-state index >= 15 is 0 Å². The van der Waals surface area contributed by atoms with E-state index in [2.05, 4.69) is 0 Å². The summed E-state index contributed by atoms with van der Waals surface area (Å²) in [4.78, 5) is 33.0. The van der Waals surface area contributed by atoms with E-state index in [9.17, 15) is 30.1 Å². The van der Waals surface area contributed by atoms with Crippen LogP contribution in [-0.4, -0.2) is 37.9 Å². The van der Waals surface area contributed by atoms with E-state index in [-0.39, 0.29) is 5.57 Å². The van der Waals surface area contributed by atoms with E-state index in [1.165, 1.54) is 0 Å². The standard InChI is InChI=1S/C12H18N2O6/c1-10(2,3)7-6-11(4,14(19)20)9(15)12(5,16)8(7)13(17)18/h6,8,16H,1-5H3/t8-,11+,12-/m0/s1/i14+1. The van der Waals surface area contributed by atoms with Gasteiger partial charge in [0.05, 0.1) is 0 Å². The Morgan fingerprint density at radius 1 is 1.25 bits per heavy atom. The van der Waals surface area contributed by atoms with Crippen molar-refractivity contribution >= 4 is 5.78 Å². The molecule has 20 heavy (non-hydrogen) atoms. The van der Waals surface area contributed by atoms with Gasteiger partial charge in [0.1, 0.15) is 0 Å². The Morgan fingerprint density at radius 3 is 2.00 bits per heavy atom. The number of carbonyl (C=O) groups excluding carboxylic acids is 1. The quantitative estimate of drug-likeness (QED) is 0.349. The van der Waals surface area contributed by atoms with Gasteiger partial charge in [-0.3, -0.25) is 25.0 Å². The molecule has 0 aliphatic heterocycles. The minimum absolute atomic E-state index is 0.0753. The second kappa shape index (κ2) is 4.34. The summed E-state index contributed by atoms with van der Waals surface area (Å²) in [5, 5.41) is 32.7. The molecule has 1 N–H and O–H groups in total. The number of nitro groups is 2. The van der Waals surface area contributed by atoms with E-state index in [1.807, 2.05) is 0 Å². The van der Waals surface area contributed by atoms with Gasteiger partial charge in [-0.15, -0.1) is 0 Å². The number of ketones is 1. The van der Waals surface area contributed by atoms with E-state index in [0.29, 0.717) is 0 Å². The summed E-state index contributed by atoms with van der Waals surface area (Å²) < 4.78 is 0. The molecule has 0 amide bonds. The van der Waals surface area contributed by atoms with Crippen LogP contribution in [0.25, 0.3) is 0 Å². The van der Waals surface area contributed by atoms with Crippen LogP contribution in [0.5, 0.6) is 0 Å². The van der Waals surface area contributed by atoms with Crippen LogP contribution in [0, 0.1) is 25.6 Å². The highest BCUT2D eigenvalue weighted by Crippen LogP contribution is 2.42. The number of aliphatic hydroxyl groups is 1. The molecule has 0 fully saturated rings. The van der Waals surface area contributed by atoms with Crippen molar-refractivity contribution in [1.29, 1.82) is 0 Å². The Morgan fingerprint density at radius 2 is 1.70 bits per heavy atom. The maximum absolute atomic E-state index is 12.2. The fourth-order valence-electron chi connectivity index (χ4n) is 2.47. The first-order chi connectivity index (χ1) is 8.76. The van der Waals surface area contributed by atoms with Gasteiger partial charge >= 0.3 is 0 Å². The molecule has 0 aromatic heterocycles. The summed E-state index contributed by atoms with van der Waals surface area (Å²) in [6.07, 6.45) is 1.01.